The lowest BCUT2D eigenvalue weighted by Gasteiger charge is -2.11. The second kappa shape index (κ2) is 6.39. The highest BCUT2D eigenvalue weighted by Crippen LogP contribution is 2.16. The van der Waals surface area contributed by atoms with E-state index in [0.29, 0.717) is 11.3 Å². The number of nitrogens with one attached hydrogen (secondary N) is 2. The summed E-state index contributed by atoms with van der Waals surface area (Å²) in [5.41, 5.74) is 6.62. The largest absolute Gasteiger partial charge is 0.382 e. The number of carbonyl (C=O) groups excluding carboxylic acids is 1. The van der Waals surface area contributed by atoms with Crippen molar-refractivity contribution in [2.75, 3.05) is 16.7 Å². The van der Waals surface area contributed by atoms with Gasteiger partial charge >= 0.3 is 0 Å². The summed E-state index contributed by atoms with van der Waals surface area (Å²) in [5, 5.41) is 2.63. The molecule has 0 saturated carbocycles. The molecule has 0 unspecified atom stereocenters. The van der Waals surface area contributed by atoms with E-state index < -0.39 is 15.9 Å². The molecule has 4 N–H and O–H groups in total. The second-order valence-corrected chi connectivity index (χ2v) is 6.25. The van der Waals surface area contributed by atoms with Crippen LogP contribution in [0.5, 0.6) is 0 Å². The van der Waals surface area contributed by atoms with Crippen molar-refractivity contribution in [3.8, 4) is 0 Å². The zero-order chi connectivity index (χ0) is 16.2. The number of rotatable bonds is 5. The van der Waals surface area contributed by atoms with E-state index in [-0.39, 0.29) is 18.1 Å². The lowest BCUT2D eigenvalue weighted by Crippen LogP contribution is -2.26. The van der Waals surface area contributed by atoms with Gasteiger partial charge in [0.1, 0.15) is 0 Å². The molecule has 0 bridgehead atoms. The summed E-state index contributed by atoms with van der Waals surface area (Å²) in [6, 6.07) is 6.75. The standard InChI is InChI=1S/C13H15N5O3S/c1-22(20,21)18-10-5-3-2-4-9(10)8-17-13(19)11-12(14)16-7-6-15-11/h2-7,18H,8H2,1H3,(H2,14,16)(H,17,19). The van der Waals surface area contributed by atoms with Gasteiger partial charge in [-0.25, -0.2) is 18.4 Å². The van der Waals surface area contributed by atoms with Crippen molar-refractivity contribution in [1.29, 1.82) is 0 Å². The Kier molecular flexibility index (Phi) is 4.56. The molecular formula is C13H15N5O3S. The third-order valence-electron chi connectivity index (χ3n) is 2.69. The first-order valence-corrected chi connectivity index (χ1v) is 8.16. The third-order valence-corrected chi connectivity index (χ3v) is 3.28. The molecule has 0 saturated heterocycles. The van der Waals surface area contributed by atoms with Gasteiger partial charge in [0.05, 0.1) is 11.9 Å². The summed E-state index contributed by atoms with van der Waals surface area (Å²) >= 11 is 0. The van der Waals surface area contributed by atoms with E-state index in [1.807, 2.05) is 0 Å². The van der Waals surface area contributed by atoms with Gasteiger partial charge in [0.25, 0.3) is 5.91 Å². The second-order valence-electron chi connectivity index (χ2n) is 4.50. The van der Waals surface area contributed by atoms with Crippen LogP contribution in [0, 0.1) is 0 Å². The molecule has 0 aliphatic rings. The topological polar surface area (TPSA) is 127 Å². The minimum atomic E-state index is -3.40. The van der Waals surface area contributed by atoms with Gasteiger partial charge in [0, 0.05) is 18.9 Å². The fourth-order valence-electron chi connectivity index (χ4n) is 1.76. The number of hydrogen-bond donors (Lipinski definition) is 3. The van der Waals surface area contributed by atoms with Crippen LogP contribution in [-0.4, -0.2) is 30.5 Å². The van der Waals surface area contributed by atoms with Gasteiger partial charge in [-0.05, 0) is 11.6 Å². The average Bonchev–Trinajstić information content (AvgIpc) is 2.45. The van der Waals surface area contributed by atoms with E-state index in [0.717, 1.165) is 6.26 Å². The first-order chi connectivity index (χ1) is 10.4. The molecule has 2 rings (SSSR count). The molecular weight excluding hydrogens is 306 g/mol. The molecule has 0 aliphatic carbocycles. The predicted molar refractivity (Wildman–Crippen MR) is 82.5 cm³/mol. The maximum Gasteiger partial charge on any atom is 0.273 e. The molecule has 1 amide bonds. The van der Waals surface area contributed by atoms with Crippen LogP contribution in [-0.2, 0) is 16.6 Å². The first kappa shape index (κ1) is 15.7. The monoisotopic (exact) mass is 321 g/mol. The molecule has 2 aromatic rings. The molecule has 22 heavy (non-hydrogen) atoms. The normalized spacial score (nSPS) is 11.0. The van der Waals surface area contributed by atoms with Gasteiger partial charge in [-0.3, -0.25) is 9.52 Å². The molecule has 9 heteroatoms. The van der Waals surface area contributed by atoms with Crippen LogP contribution in [0.3, 0.4) is 0 Å². The van der Waals surface area contributed by atoms with Crippen molar-refractivity contribution in [1.82, 2.24) is 15.3 Å². The number of anilines is 2. The molecule has 1 aromatic heterocycles. The number of para-hydroxylation sites is 1. The molecule has 1 heterocycles. The smallest absolute Gasteiger partial charge is 0.273 e. The van der Waals surface area contributed by atoms with Gasteiger partial charge in [0.15, 0.2) is 11.5 Å². The number of aromatic nitrogens is 2. The fourth-order valence-corrected chi connectivity index (χ4v) is 2.36. The Morgan fingerprint density at radius 2 is 1.91 bits per heavy atom. The predicted octanol–water partition coefficient (Wildman–Crippen LogP) is 0.360. The first-order valence-electron chi connectivity index (χ1n) is 6.27. The Morgan fingerprint density at radius 3 is 2.59 bits per heavy atom. The zero-order valence-corrected chi connectivity index (χ0v) is 12.6. The van der Waals surface area contributed by atoms with E-state index in [1.54, 1.807) is 24.3 Å². The summed E-state index contributed by atoms with van der Waals surface area (Å²) in [6.45, 7) is 0.119. The molecule has 0 atom stereocenters. The van der Waals surface area contributed by atoms with E-state index >= 15 is 0 Å². The number of nitrogen functional groups attached to an aromatic ring is 1. The fraction of sp³-hybridized carbons (Fsp3) is 0.154. The van der Waals surface area contributed by atoms with E-state index in [1.165, 1.54) is 12.4 Å². The SMILES string of the molecule is CS(=O)(=O)Nc1ccccc1CNC(=O)c1nccnc1N. The number of nitrogens with zero attached hydrogens (tertiary/aromatic N) is 2. The Morgan fingerprint density at radius 1 is 1.23 bits per heavy atom. The van der Waals surface area contributed by atoms with E-state index in [4.69, 9.17) is 5.73 Å². The summed E-state index contributed by atoms with van der Waals surface area (Å²) in [5.74, 6) is -0.456. The summed E-state index contributed by atoms with van der Waals surface area (Å²) in [4.78, 5) is 19.6. The van der Waals surface area contributed by atoms with Gasteiger partial charge in [0.2, 0.25) is 10.0 Å². The number of nitrogens with two attached hydrogens (primary N) is 1. The summed E-state index contributed by atoms with van der Waals surface area (Å²) in [7, 11) is -3.40. The van der Waals surface area contributed by atoms with Crippen LogP contribution in [0.1, 0.15) is 16.1 Å². The van der Waals surface area contributed by atoms with Crippen LogP contribution in [0.4, 0.5) is 11.5 Å². The minimum absolute atomic E-state index is 0.0241. The number of carbonyl (C=O) groups is 1. The van der Waals surface area contributed by atoms with Crippen molar-refractivity contribution < 1.29 is 13.2 Å². The average molecular weight is 321 g/mol. The zero-order valence-electron chi connectivity index (χ0n) is 11.8. The highest BCUT2D eigenvalue weighted by atomic mass is 32.2. The number of amides is 1. The lowest BCUT2D eigenvalue weighted by atomic mass is 10.2. The number of hydrogen-bond acceptors (Lipinski definition) is 6. The Balaban J connectivity index is 2.12. The molecule has 0 aliphatic heterocycles. The van der Waals surface area contributed by atoms with Gasteiger partial charge < -0.3 is 11.1 Å². The Hall–Kier alpha value is -2.68. The third kappa shape index (κ3) is 4.16. The molecule has 0 radical (unpaired) electrons. The van der Waals surface area contributed by atoms with Crippen molar-refractivity contribution >= 4 is 27.4 Å². The lowest BCUT2D eigenvalue weighted by molar-refractivity contribution is 0.0946. The molecule has 8 nitrogen and oxygen atoms in total. The van der Waals surface area contributed by atoms with Crippen LogP contribution in [0.2, 0.25) is 0 Å². The van der Waals surface area contributed by atoms with Crippen molar-refractivity contribution in [3.05, 3.63) is 47.9 Å². The van der Waals surface area contributed by atoms with Crippen molar-refractivity contribution in [2.24, 2.45) is 0 Å². The maximum atomic E-state index is 12.0. The molecule has 1 aromatic carbocycles. The van der Waals surface area contributed by atoms with Crippen LogP contribution in [0.15, 0.2) is 36.7 Å². The number of benzene rings is 1. The minimum Gasteiger partial charge on any atom is -0.382 e. The maximum absolute atomic E-state index is 12.0. The summed E-state index contributed by atoms with van der Waals surface area (Å²) < 4.78 is 25.0. The van der Waals surface area contributed by atoms with Gasteiger partial charge in [-0.2, -0.15) is 0 Å². The van der Waals surface area contributed by atoms with Crippen molar-refractivity contribution in [2.45, 2.75) is 6.54 Å². The van der Waals surface area contributed by atoms with Gasteiger partial charge in [-0.15, -0.1) is 0 Å². The molecule has 0 fully saturated rings. The van der Waals surface area contributed by atoms with Crippen molar-refractivity contribution in [3.63, 3.8) is 0 Å². The van der Waals surface area contributed by atoms with E-state index in [2.05, 4.69) is 20.0 Å². The Bertz CT molecular complexity index is 792. The highest BCUT2D eigenvalue weighted by molar-refractivity contribution is 7.92. The van der Waals surface area contributed by atoms with Crippen LogP contribution in [0.25, 0.3) is 0 Å². The Labute approximate surface area is 127 Å². The highest BCUT2D eigenvalue weighted by Gasteiger charge is 2.13. The quantitative estimate of drug-likeness (QED) is 0.729. The molecule has 116 valence electrons. The van der Waals surface area contributed by atoms with Crippen LogP contribution < -0.4 is 15.8 Å². The van der Waals surface area contributed by atoms with E-state index in [9.17, 15) is 13.2 Å². The molecule has 0 spiro atoms. The van der Waals surface area contributed by atoms with Gasteiger partial charge in [-0.1, -0.05) is 18.2 Å². The van der Waals surface area contributed by atoms with Crippen LogP contribution >= 0.6 is 0 Å². The summed E-state index contributed by atoms with van der Waals surface area (Å²) in [6.07, 6.45) is 3.81. The number of sulfonamides is 1.